The molecular weight excluding hydrogens is 298 g/mol. The highest BCUT2D eigenvalue weighted by Gasteiger charge is 2.28. The molecule has 2 aliphatic heterocycles. The molecule has 2 amide bonds. The predicted molar refractivity (Wildman–Crippen MR) is 81.6 cm³/mol. The highest BCUT2D eigenvalue weighted by molar-refractivity contribution is 5.88. The van der Waals surface area contributed by atoms with E-state index >= 15 is 0 Å². The van der Waals surface area contributed by atoms with Crippen LogP contribution in [-0.4, -0.2) is 57.3 Å². The molecule has 2 atom stereocenters. The van der Waals surface area contributed by atoms with E-state index in [2.05, 4.69) is 10.1 Å². The van der Waals surface area contributed by atoms with Crippen LogP contribution in [0.25, 0.3) is 0 Å². The van der Waals surface area contributed by atoms with Crippen LogP contribution < -0.4 is 5.73 Å². The van der Waals surface area contributed by atoms with Crippen LogP contribution in [0.15, 0.2) is 6.33 Å². The van der Waals surface area contributed by atoms with Crippen molar-refractivity contribution < 1.29 is 14.3 Å². The molecule has 2 saturated heterocycles. The molecule has 2 aliphatic rings. The normalized spacial score (nSPS) is 25.3. The van der Waals surface area contributed by atoms with E-state index in [0.717, 1.165) is 45.3 Å². The fourth-order valence-electron chi connectivity index (χ4n) is 3.25. The number of ether oxygens (including phenoxy) is 1. The molecule has 8 nitrogen and oxygen atoms in total. The zero-order valence-electron chi connectivity index (χ0n) is 13.2. The number of hydrogen-bond acceptors (Lipinski definition) is 5. The third-order valence-corrected chi connectivity index (χ3v) is 4.53. The van der Waals surface area contributed by atoms with Gasteiger partial charge in [0.05, 0.1) is 18.6 Å². The van der Waals surface area contributed by atoms with Crippen LogP contribution in [0.1, 0.15) is 55.2 Å². The molecule has 0 aliphatic carbocycles. The highest BCUT2D eigenvalue weighted by Crippen LogP contribution is 2.23. The SMILES string of the molecule is NC(=O)c1ncn(C2CCCN(C(=O)CC3CCCCO3)C2)n1. The van der Waals surface area contributed by atoms with Crippen molar-refractivity contribution in [2.75, 3.05) is 19.7 Å². The minimum Gasteiger partial charge on any atom is -0.378 e. The lowest BCUT2D eigenvalue weighted by molar-refractivity contribution is -0.136. The Morgan fingerprint density at radius 2 is 2.17 bits per heavy atom. The third kappa shape index (κ3) is 3.87. The average Bonchev–Trinajstić information content (AvgIpc) is 3.06. The first-order valence-corrected chi connectivity index (χ1v) is 8.24. The summed E-state index contributed by atoms with van der Waals surface area (Å²) in [7, 11) is 0. The van der Waals surface area contributed by atoms with Crippen molar-refractivity contribution in [1.82, 2.24) is 19.7 Å². The molecule has 23 heavy (non-hydrogen) atoms. The number of piperidine rings is 1. The van der Waals surface area contributed by atoms with E-state index in [1.807, 2.05) is 4.90 Å². The molecule has 0 saturated carbocycles. The van der Waals surface area contributed by atoms with Crippen molar-refractivity contribution >= 4 is 11.8 Å². The van der Waals surface area contributed by atoms with Gasteiger partial charge in [0.25, 0.3) is 5.91 Å². The summed E-state index contributed by atoms with van der Waals surface area (Å²) < 4.78 is 7.30. The molecule has 8 heteroatoms. The summed E-state index contributed by atoms with van der Waals surface area (Å²) in [5.74, 6) is -0.483. The lowest BCUT2D eigenvalue weighted by Gasteiger charge is -2.34. The summed E-state index contributed by atoms with van der Waals surface area (Å²) in [5.41, 5.74) is 5.18. The summed E-state index contributed by atoms with van der Waals surface area (Å²) in [6.07, 6.45) is 7.04. The van der Waals surface area contributed by atoms with Crippen molar-refractivity contribution in [2.24, 2.45) is 5.73 Å². The second-order valence-corrected chi connectivity index (χ2v) is 6.24. The second-order valence-electron chi connectivity index (χ2n) is 6.24. The number of aromatic nitrogens is 3. The summed E-state index contributed by atoms with van der Waals surface area (Å²) >= 11 is 0. The molecule has 1 aromatic rings. The number of amides is 2. The van der Waals surface area contributed by atoms with Crippen molar-refractivity contribution in [3.63, 3.8) is 0 Å². The van der Waals surface area contributed by atoms with Gasteiger partial charge in [0.1, 0.15) is 6.33 Å². The van der Waals surface area contributed by atoms with E-state index in [4.69, 9.17) is 10.5 Å². The monoisotopic (exact) mass is 321 g/mol. The van der Waals surface area contributed by atoms with Crippen molar-refractivity contribution in [3.05, 3.63) is 12.2 Å². The van der Waals surface area contributed by atoms with E-state index < -0.39 is 5.91 Å². The first-order valence-electron chi connectivity index (χ1n) is 8.24. The number of carbonyl (C=O) groups is 2. The van der Waals surface area contributed by atoms with E-state index in [1.165, 1.54) is 6.33 Å². The number of likely N-dealkylation sites (tertiary alicyclic amines) is 1. The summed E-state index contributed by atoms with van der Waals surface area (Å²) in [4.78, 5) is 29.4. The molecule has 1 aromatic heterocycles. The number of rotatable bonds is 4. The minimum absolute atomic E-state index is 0.0176. The van der Waals surface area contributed by atoms with Gasteiger partial charge < -0.3 is 15.4 Å². The molecular formula is C15H23N5O3. The Labute approximate surface area is 135 Å². The lowest BCUT2D eigenvalue weighted by Crippen LogP contribution is -2.42. The van der Waals surface area contributed by atoms with Crippen LogP contribution in [0.4, 0.5) is 0 Å². The second kappa shape index (κ2) is 7.08. The largest absolute Gasteiger partial charge is 0.378 e. The fraction of sp³-hybridized carbons (Fsp3) is 0.733. The molecule has 2 N–H and O–H groups in total. The van der Waals surface area contributed by atoms with Crippen molar-refractivity contribution in [1.29, 1.82) is 0 Å². The van der Waals surface area contributed by atoms with Crippen LogP contribution >= 0.6 is 0 Å². The maximum absolute atomic E-state index is 12.5. The van der Waals surface area contributed by atoms with E-state index in [9.17, 15) is 9.59 Å². The van der Waals surface area contributed by atoms with Gasteiger partial charge in [-0.25, -0.2) is 9.67 Å². The van der Waals surface area contributed by atoms with Gasteiger partial charge in [-0.15, -0.1) is 5.10 Å². The van der Waals surface area contributed by atoms with Gasteiger partial charge in [0, 0.05) is 19.7 Å². The van der Waals surface area contributed by atoms with Crippen LogP contribution in [0, 0.1) is 0 Å². The summed E-state index contributed by atoms with van der Waals surface area (Å²) in [5, 5.41) is 4.11. The van der Waals surface area contributed by atoms with Gasteiger partial charge in [0.2, 0.25) is 11.7 Å². The average molecular weight is 321 g/mol. The van der Waals surface area contributed by atoms with Crippen LogP contribution in [0.5, 0.6) is 0 Å². The Balaban J connectivity index is 1.58. The maximum atomic E-state index is 12.5. The Morgan fingerprint density at radius 3 is 2.87 bits per heavy atom. The molecule has 0 aromatic carbocycles. The zero-order valence-corrected chi connectivity index (χ0v) is 13.2. The number of primary amides is 1. The van der Waals surface area contributed by atoms with Gasteiger partial charge >= 0.3 is 0 Å². The Bertz CT molecular complexity index is 567. The van der Waals surface area contributed by atoms with E-state index in [-0.39, 0.29) is 23.9 Å². The van der Waals surface area contributed by atoms with Gasteiger partial charge in [0.15, 0.2) is 0 Å². The summed E-state index contributed by atoms with van der Waals surface area (Å²) in [6.45, 7) is 2.11. The van der Waals surface area contributed by atoms with Gasteiger partial charge in [-0.1, -0.05) is 0 Å². The topological polar surface area (TPSA) is 103 Å². The molecule has 3 heterocycles. The lowest BCUT2D eigenvalue weighted by atomic mass is 10.0. The Kier molecular flexibility index (Phi) is 4.90. The molecule has 0 spiro atoms. The van der Waals surface area contributed by atoms with E-state index in [0.29, 0.717) is 13.0 Å². The smallest absolute Gasteiger partial charge is 0.288 e. The molecule has 3 rings (SSSR count). The fourth-order valence-corrected chi connectivity index (χ4v) is 3.25. The predicted octanol–water partition coefficient (Wildman–Crippen LogP) is 0.500. The summed E-state index contributed by atoms with van der Waals surface area (Å²) in [6, 6.07) is 0.0422. The molecule has 0 radical (unpaired) electrons. The first-order chi connectivity index (χ1) is 11.1. The number of nitrogens with zero attached hydrogens (tertiary/aromatic N) is 4. The standard InChI is InChI=1S/C15H23N5O3/c16-14(22)15-17-10-20(18-15)11-4-3-6-19(9-11)13(21)8-12-5-1-2-7-23-12/h10-12H,1-9H2,(H2,16,22). The highest BCUT2D eigenvalue weighted by atomic mass is 16.5. The maximum Gasteiger partial charge on any atom is 0.288 e. The number of hydrogen-bond donors (Lipinski definition) is 1. The number of nitrogens with two attached hydrogens (primary N) is 1. The van der Waals surface area contributed by atoms with Crippen LogP contribution in [0.3, 0.4) is 0 Å². The quantitative estimate of drug-likeness (QED) is 0.869. The minimum atomic E-state index is -0.637. The van der Waals surface area contributed by atoms with Gasteiger partial charge in [-0.3, -0.25) is 9.59 Å². The van der Waals surface area contributed by atoms with Crippen LogP contribution in [0.2, 0.25) is 0 Å². The van der Waals surface area contributed by atoms with Crippen LogP contribution in [-0.2, 0) is 9.53 Å². The Morgan fingerprint density at radius 1 is 1.30 bits per heavy atom. The molecule has 126 valence electrons. The molecule has 0 bridgehead atoms. The van der Waals surface area contributed by atoms with Crippen molar-refractivity contribution in [2.45, 2.75) is 50.7 Å². The number of carbonyl (C=O) groups excluding carboxylic acids is 2. The Hall–Kier alpha value is -1.96. The first kappa shape index (κ1) is 15.9. The molecule has 2 fully saturated rings. The third-order valence-electron chi connectivity index (χ3n) is 4.53. The van der Waals surface area contributed by atoms with Crippen molar-refractivity contribution in [3.8, 4) is 0 Å². The van der Waals surface area contributed by atoms with E-state index in [1.54, 1.807) is 4.68 Å². The van der Waals surface area contributed by atoms with Gasteiger partial charge in [-0.2, -0.15) is 0 Å². The zero-order chi connectivity index (χ0) is 16.2. The van der Waals surface area contributed by atoms with Gasteiger partial charge in [-0.05, 0) is 32.1 Å². The molecule has 2 unspecified atom stereocenters.